The van der Waals surface area contributed by atoms with Crippen LogP contribution in [0.1, 0.15) is 5.56 Å². The molecule has 33 heavy (non-hydrogen) atoms. The lowest BCUT2D eigenvalue weighted by Gasteiger charge is -2.15. The van der Waals surface area contributed by atoms with Gasteiger partial charge < -0.3 is 19.5 Å². The number of amides is 1. The predicted octanol–water partition coefficient (Wildman–Crippen LogP) is 3.54. The molecule has 1 amide bonds. The second-order valence-corrected chi connectivity index (χ2v) is 9.38. The standard InChI is InChI=1S/C24H26N2O6S/c1-26(2)33(28,29)21-13-14-23(30-3)22(15-21)25-24(27)17-32-20-11-9-19(10-12-20)31-16-18-7-5-4-6-8-18/h4-15H,16-17H2,1-3H3,(H,25,27). The van der Waals surface area contributed by atoms with Gasteiger partial charge in [-0.15, -0.1) is 0 Å². The molecule has 0 aliphatic carbocycles. The van der Waals surface area contributed by atoms with Gasteiger partial charge in [0.15, 0.2) is 6.61 Å². The lowest BCUT2D eigenvalue weighted by atomic mass is 10.2. The summed E-state index contributed by atoms with van der Waals surface area (Å²) in [5, 5.41) is 2.64. The summed E-state index contributed by atoms with van der Waals surface area (Å²) in [7, 11) is 0.643. The van der Waals surface area contributed by atoms with Crippen LogP contribution < -0.4 is 19.5 Å². The molecule has 3 aromatic rings. The molecule has 0 aliphatic heterocycles. The van der Waals surface area contributed by atoms with Crippen molar-refractivity contribution in [1.82, 2.24) is 4.31 Å². The molecule has 1 N–H and O–H groups in total. The van der Waals surface area contributed by atoms with Crippen molar-refractivity contribution in [2.45, 2.75) is 11.5 Å². The zero-order chi connectivity index (χ0) is 23.8. The number of sulfonamides is 1. The highest BCUT2D eigenvalue weighted by atomic mass is 32.2. The van der Waals surface area contributed by atoms with Gasteiger partial charge in [0, 0.05) is 14.1 Å². The largest absolute Gasteiger partial charge is 0.495 e. The maximum atomic E-state index is 12.4. The Morgan fingerprint density at radius 3 is 2.15 bits per heavy atom. The Hall–Kier alpha value is -3.56. The molecule has 9 heteroatoms. The normalized spacial score (nSPS) is 11.2. The van der Waals surface area contributed by atoms with E-state index in [9.17, 15) is 13.2 Å². The first-order valence-corrected chi connectivity index (χ1v) is 11.5. The van der Waals surface area contributed by atoms with Crippen LogP contribution >= 0.6 is 0 Å². The minimum Gasteiger partial charge on any atom is -0.495 e. The quantitative estimate of drug-likeness (QED) is 0.487. The number of anilines is 1. The van der Waals surface area contributed by atoms with Gasteiger partial charge >= 0.3 is 0 Å². The minimum absolute atomic E-state index is 0.0376. The molecule has 174 valence electrons. The van der Waals surface area contributed by atoms with Crippen molar-refractivity contribution < 1.29 is 27.4 Å². The number of carbonyl (C=O) groups is 1. The van der Waals surface area contributed by atoms with Gasteiger partial charge in [-0.1, -0.05) is 30.3 Å². The SMILES string of the molecule is COc1ccc(S(=O)(=O)N(C)C)cc1NC(=O)COc1ccc(OCc2ccccc2)cc1. The molecule has 0 fully saturated rings. The average Bonchev–Trinajstić information content (AvgIpc) is 2.82. The zero-order valence-corrected chi connectivity index (χ0v) is 19.5. The van der Waals surface area contributed by atoms with E-state index in [0.29, 0.717) is 23.9 Å². The highest BCUT2D eigenvalue weighted by Gasteiger charge is 2.20. The number of ether oxygens (including phenoxy) is 3. The molecule has 3 aromatic carbocycles. The monoisotopic (exact) mass is 470 g/mol. The number of carbonyl (C=O) groups excluding carboxylic acids is 1. The number of rotatable bonds is 10. The fourth-order valence-electron chi connectivity index (χ4n) is 2.86. The van der Waals surface area contributed by atoms with E-state index >= 15 is 0 Å². The molecule has 0 aliphatic rings. The third-order valence-electron chi connectivity index (χ3n) is 4.67. The Morgan fingerprint density at radius 2 is 1.55 bits per heavy atom. The first-order chi connectivity index (χ1) is 15.8. The van der Waals surface area contributed by atoms with E-state index in [2.05, 4.69) is 5.32 Å². The van der Waals surface area contributed by atoms with Gasteiger partial charge in [0.05, 0.1) is 17.7 Å². The van der Waals surface area contributed by atoms with Crippen LogP contribution in [0.2, 0.25) is 0 Å². The fraction of sp³-hybridized carbons (Fsp3) is 0.208. The lowest BCUT2D eigenvalue weighted by molar-refractivity contribution is -0.118. The van der Waals surface area contributed by atoms with Crippen LogP contribution in [-0.2, 0) is 21.4 Å². The number of nitrogens with zero attached hydrogens (tertiary/aromatic N) is 1. The Labute approximate surface area is 193 Å². The third kappa shape index (κ3) is 6.47. The molecule has 0 bridgehead atoms. The molecule has 0 aromatic heterocycles. The van der Waals surface area contributed by atoms with Crippen LogP contribution in [0.15, 0.2) is 77.7 Å². The second-order valence-electron chi connectivity index (χ2n) is 7.23. The van der Waals surface area contributed by atoms with E-state index in [1.54, 1.807) is 24.3 Å². The Morgan fingerprint density at radius 1 is 0.909 bits per heavy atom. The number of methoxy groups -OCH3 is 1. The summed E-state index contributed by atoms with van der Waals surface area (Å²) < 4.78 is 42.3. The molecule has 0 saturated heterocycles. The first-order valence-electron chi connectivity index (χ1n) is 10.1. The minimum atomic E-state index is -3.66. The Bertz CT molecular complexity index is 1180. The molecule has 0 heterocycles. The lowest BCUT2D eigenvalue weighted by Crippen LogP contribution is -2.23. The van der Waals surface area contributed by atoms with E-state index < -0.39 is 15.9 Å². The molecular weight excluding hydrogens is 444 g/mol. The van der Waals surface area contributed by atoms with Crippen molar-refractivity contribution in [2.24, 2.45) is 0 Å². The summed E-state index contributed by atoms with van der Waals surface area (Å²) in [6, 6.07) is 21.0. The summed E-state index contributed by atoms with van der Waals surface area (Å²) in [5.41, 5.74) is 1.30. The molecule has 0 saturated carbocycles. The first kappa shape index (κ1) is 24.1. The van der Waals surface area contributed by atoms with Crippen molar-refractivity contribution in [1.29, 1.82) is 0 Å². The maximum absolute atomic E-state index is 12.4. The van der Waals surface area contributed by atoms with Gasteiger partial charge in [0.25, 0.3) is 5.91 Å². The molecule has 0 radical (unpaired) electrons. The molecule has 8 nitrogen and oxygen atoms in total. The maximum Gasteiger partial charge on any atom is 0.262 e. The van der Waals surface area contributed by atoms with Gasteiger partial charge in [-0.05, 0) is 48.0 Å². The molecule has 3 rings (SSSR count). The van der Waals surface area contributed by atoms with Crippen molar-refractivity contribution in [3.8, 4) is 17.2 Å². The summed E-state index contributed by atoms with van der Waals surface area (Å²) in [5.74, 6) is 1.05. The van der Waals surface area contributed by atoms with Crippen LogP contribution in [0, 0.1) is 0 Å². The smallest absolute Gasteiger partial charge is 0.262 e. The van der Waals surface area contributed by atoms with Crippen molar-refractivity contribution >= 4 is 21.6 Å². The predicted molar refractivity (Wildman–Crippen MR) is 125 cm³/mol. The third-order valence-corrected chi connectivity index (χ3v) is 6.48. The summed E-state index contributed by atoms with van der Waals surface area (Å²) in [6.07, 6.45) is 0. The van der Waals surface area contributed by atoms with Crippen molar-refractivity contribution in [2.75, 3.05) is 33.1 Å². The van der Waals surface area contributed by atoms with E-state index in [0.717, 1.165) is 9.87 Å². The highest BCUT2D eigenvalue weighted by Crippen LogP contribution is 2.28. The molecule has 0 atom stereocenters. The highest BCUT2D eigenvalue weighted by molar-refractivity contribution is 7.89. The van der Waals surface area contributed by atoms with Crippen LogP contribution in [0.4, 0.5) is 5.69 Å². The number of benzene rings is 3. The van der Waals surface area contributed by atoms with Gasteiger partial charge in [-0.2, -0.15) is 0 Å². The van der Waals surface area contributed by atoms with Gasteiger partial charge in [-0.25, -0.2) is 12.7 Å². The summed E-state index contributed by atoms with van der Waals surface area (Å²) >= 11 is 0. The Kier molecular flexibility index (Phi) is 7.92. The molecular formula is C24H26N2O6S. The van der Waals surface area contributed by atoms with Gasteiger partial charge in [0.1, 0.15) is 23.9 Å². The van der Waals surface area contributed by atoms with Gasteiger partial charge in [-0.3, -0.25) is 4.79 Å². The topological polar surface area (TPSA) is 94.2 Å². The van der Waals surface area contributed by atoms with Crippen LogP contribution in [0.3, 0.4) is 0 Å². The fourth-order valence-corrected chi connectivity index (χ4v) is 3.79. The Balaban J connectivity index is 1.58. The van der Waals surface area contributed by atoms with Crippen molar-refractivity contribution in [3.05, 3.63) is 78.4 Å². The van der Waals surface area contributed by atoms with Crippen molar-refractivity contribution in [3.63, 3.8) is 0 Å². The van der Waals surface area contributed by atoms with Crippen LogP contribution in [0.5, 0.6) is 17.2 Å². The van der Waals surface area contributed by atoms with Crippen LogP contribution in [0.25, 0.3) is 0 Å². The number of nitrogens with one attached hydrogen (secondary N) is 1. The molecule has 0 unspecified atom stereocenters. The average molecular weight is 471 g/mol. The van der Waals surface area contributed by atoms with Crippen LogP contribution in [-0.4, -0.2) is 46.4 Å². The number of hydrogen-bond donors (Lipinski definition) is 1. The zero-order valence-electron chi connectivity index (χ0n) is 18.6. The second kappa shape index (κ2) is 10.8. The van der Waals surface area contributed by atoms with E-state index in [1.807, 2.05) is 30.3 Å². The van der Waals surface area contributed by atoms with Gasteiger partial charge in [0.2, 0.25) is 10.0 Å². The van der Waals surface area contributed by atoms with E-state index in [1.165, 1.54) is 39.4 Å². The molecule has 0 spiro atoms. The van der Waals surface area contributed by atoms with E-state index in [-0.39, 0.29) is 17.2 Å². The summed E-state index contributed by atoms with van der Waals surface area (Å²) in [4.78, 5) is 12.4. The number of hydrogen-bond acceptors (Lipinski definition) is 6. The summed E-state index contributed by atoms with van der Waals surface area (Å²) in [6.45, 7) is 0.186. The van der Waals surface area contributed by atoms with E-state index in [4.69, 9.17) is 14.2 Å².